The number of benzene rings is 1. The third kappa shape index (κ3) is 3.57. The van der Waals surface area contributed by atoms with E-state index in [4.69, 9.17) is 34.8 Å². The summed E-state index contributed by atoms with van der Waals surface area (Å²) in [6, 6.07) is 5.15. The molecule has 1 aromatic heterocycles. The molecule has 0 bridgehead atoms. The van der Waals surface area contributed by atoms with Crippen molar-refractivity contribution in [3.8, 4) is 0 Å². The van der Waals surface area contributed by atoms with Crippen molar-refractivity contribution in [3.63, 3.8) is 0 Å². The Balaban J connectivity index is 2.33. The van der Waals surface area contributed by atoms with Crippen molar-refractivity contribution in [2.45, 2.75) is 0 Å². The number of hydrogen-bond donors (Lipinski definition) is 1. The molecule has 1 heterocycles. The van der Waals surface area contributed by atoms with E-state index >= 15 is 0 Å². The molecule has 2 aromatic rings. The van der Waals surface area contributed by atoms with Crippen LogP contribution in [-0.2, 0) is 0 Å². The normalized spacial score (nSPS) is 10.2. The van der Waals surface area contributed by atoms with Crippen LogP contribution >= 0.6 is 34.8 Å². The Kier molecular flexibility index (Phi) is 4.56. The zero-order chi connectivity index (χ0) is 15.6. The number of anilines is 1. The number of rotatable bonds is 3. The lowest BCUT2D eigenvalue weighted by atomic mass is 10.2. The molecule has 0 spiro atoms. The van der Waals surface area contributed by atoms with E-state index in [2.05, 4.69) is 15.3 Å². The van der Waals surface area contributed by atoms with Crippen LogP contribution in [0.3, 0.4) is 0 Å². The molecule has 0 aliphatic carbocycles. The van der Waals surface area contributed by atoms with Crippen LogP contribution in [0.1, 0.15) is 10.4 Å². The molecule has 7 nitrogen and oxygen atoms in total. The van der Waals surface area contributed by atoms with Crippen LogP contribution in [0.15, 0.2) is 24.3 Å². The smallest absolute Gasteiger partial charge is 0.288 e. The summed E-state index contributed by atoms with van der Waals surface area (Å²) in [6.45, 7) is 0. The first-order chi connectivity index (χ1) is 9.88. The average molecular weight is 348 g/mol. The van der Waals surface area contributed by atoms with Gasteiger partial charge in [0.15, 0.2) is 0 Å². The first kappa shape index (κ1) is 15.4. The van der Waals surface area contributed by atoms with Gasteiger partial charge < -0.3 is 5.32 Å². The van der Waals surface area contributed by atoms with Gasteiger partial charge in [-0.25, -0.2) is 9.97 Å². The lowest BCUT2D eigenvalue weighted by Gasteiger charge is -2.06. The van der Waals surface area contributed by atoms with E-state index in [1.807, 2.05) is 0 Å². The SMILES string of the molecule is O=C(Nc1cc(Cl)nc(Cl)n1)c1cccc([N+](=O)[O-])c1Cl. The lowest BCUT2D eigenvalue weighted by Crippen LogP contribution is -2.14. The van der Waals surface area contributed by atoms with Crippen molar-refractivity contribution in [1.29, 1.82) is 0 Å². The van der Waals surface area contributed by atoms with Gasteiger partial charge in [-0.3, -0.25) is 14.9 Å². The highest BCUT2D eigenvalue weighted by Gasteiger charge is 2.20. The predicted molar refractivity (Wildman–Crippen MR) is 78.1 cm³/mol. The highest BCUT2D eigenvalue weighted by molar-refractivity contribution is 6.36. The second-order valence-corrected chi connectivity index (χ2v) is 4.80. The number of carbonyl (C=O) groups excluding carboxylic acids is 1. The molecule has 0 unspecified atom stereocenters. The number of nitro benzene ring substituents is 1. The Labute approximate surface area is 133 Å². The molecule has 0 fully saturated rings. The van der Waals surface area contributed by atoms with Gasteiger partial charge in [-0.1, -0.05) is 29.3 Å². The van der Waals surface area contributed by atoms with Gasteiger partial charge in [0.05, 0.1) is 10.5 Å². The molecule has 0 aliphatic heterocycles. The molecule has 0 aliphatic rings. The zero-order valence-electron chi connectivity index (χ0n) is 10.0. The molecule has 0 atom stereocenters. The van der Waals surface area contributed by atoms with Crippen LogP contribution in [0.4, 0.5) is 11.5 Å². The lowest BCUT2D eigenvalue weighted by molar-refractivity contribution is -0.384. The summed E-state index contributed by atoms with van der Waals surface area (Å²) in [7, 11) is 0. The molecule has 10 heteroatoms. The summed E-state index contributed by atoms with van der Waals surface area (Å²) >= 11 is 17.1. The molecule has 2 rings (SSSR count). The maximum Gasteiger partial charge on any atom is 0.288 e. The van der Waals surface area contributed by atoms with Gasteiger partial charge in [-0.05, 0) is 17.7 Å². The maximum atomic E-state index is 12.1. The maximum absolute atomic E-state index is 12.1. The molecule has 1 aromatic carbocycles. The third-order valence-electron chi connectivity index (χ3n) is 2.33. The standard InChI is InChI=1S/C11H5Cl3N4O3/c12-7-4-8(17-11(14)15-7)16-10(19)5-2-1-3-6(9(5)13)18(20)21/h1-4H,(H,15,16,17,19). The number of halogens is 3. The van der Waals surface area contributed by atoms with E-state index < -0.39 is 10.8 Å². The number of nitrogens with one attached hydrogen (secondary N) is 1. The summed E-state index contributed by atoms with van der Waals surface area (Å²) in [6.07, 6.45) is 0. The number of nitro groups is 1. The molecule has 0 saturated heterocycles. The highest BCUT2D eigenvalue weighted by atomic mass is 35.5. The van der Waals surface area contributed by atoms with Crippen LogP contribution in [0.2, 0.25) is 15.5 Å². The van der Waals surface area contributed by atoms with Gasteiger partial charge in [0.25, 0.3) is 11.6 Å². The van der Waals surface area contributed by atoms with Crippen molar-refractivity contribution >= 4 is 52.2 Å². The van der Waals surface area contributed by atoms with E-state index in [0.717, 1.165) is 0 Å². The fraction of sp³-hybridized carbons (Fsp3) is 0. The van der Waals surface area contributed by atoms with Gasteiger partial charge in [0.2, 0.25) is 5.28 Å². The minimum atomic E-state index is -0.686. The molecule has 0 radical (unpaired) electrons. The van der Waals surface area contributed by atoms with Gasteiger partial charge in [0.1, 0.15) is 16.0 Å². The summed E-state index contributed by atoms with van der Waals surface area (Å²) in [4.78, 5) is 29.5. The summed E-state index contributed by atoms with van der Waals surface area (Å²) < 4.78 is 0. The molecule has 21 heavy (non-hydrogen) atoms. The molecular formula is C11H5Cl3N4O3. The number of nitrogens with zero attached hydrogens (tertiary/aromatic N) is 3. The van der Waals surface area contributed by atoms with Crippen LogP contribution < -0.4 is 5.32 Å². The van der Waals surface area contributed by atoms with Crippen molar-refractivity contribution in [3.05, 3.63) is 55.4 Å². The van der Waals surface area contributed by atoms with Crippen LogP contribution in [0, 0.1) is 10.1 Å². The van der Waals surface area contributed by atoms with Gasteiger partial charge in [-0.15, -0.1) is 0 Å². The average Bonchev–Trinajstić information content (AvgIpc) is 2.37. The Morgan fingerprint density at radius 1 is 1.24 bits per heavy atom. The fourth-order valence-electron chi connectivity index (χ4n) is 1.47. The number of hydrogen-bond acceptors (Lipinski definition) is 5. The monoisotopic (exact) mass is 346 g/mol. The molecule has 0 saturated carbocycles. The van der Waals surface area contributed by atoms with Gasteiger partial charge in [0, 0.05) is 12.1 Å². The predicted octanol–water partition coefficient (Wildman–Crippen LogP) is 3.60. The Bertz CT molecular complexity index is 718. The minimum Gasteiger partial charge on any atom is -0.306 e. The molecule has 1 N–H and O–H groups in total. The van der Waals surface area contributed by atoms with E-state index in [1.165, 1.54) is 24.3 Å². The van der Waals surface area contributed by atoms with Gasteiger partial charge >= 0.3 is 0 Å². The summed E-state index contributed by atoms with van der Waals surface area (Å²) in [5, 5.41) is 12.8. The quantitative estimate of drug-likeness (QED) is 0.396. The molecule has 1 amide bonds. The van der Waals surface area contributed by atoms with Crippen molar-refractivity contribution in [2.75, 3.05) is 5.32 Å². The first-order valence-corrected chi connectivity index (χ1v) is 6.46. The van der Waals surface area contributed by atoms with E-state index in [9.17, 15) is 14.9 Å². The summed E-state index contributed by atoms with van der Waals surface area (Å²) in [5.41, 5.74) is -0.445. The van der Waals surface area contributed by atoms with E-state index in [-0.39, 0.29) is 32.5 Å². The number of aromatic nitrogens is 2. The van der Waals surface area contributed by atoms with E-state index in [0.29, 0.717) is 0 Å². The van der Waals surface area contributed by atoms with Crippen molar-refractivity contribution < 1.29 is 9.72 Å². The summed E-state index contributed by atoms with van der Waals surface area (Å²) in [5.74, 6) is -0.637. The molecule has 108 valence electrons. The second-order valence-electron chi connectivity index (χ2n) is 3.69. The first-order valence-electron chi connectivity index (χ1n) is 5.33. The Morgan fingerprint density at radius 3 is 2.57 bits per heavy atom. The van der Waals surface area contributed by atoms with Crippen molar-refractivity contribution in [2.24, 2.45) is 0 Å². The second kappa shape index (κ2) is 6.21. The third-order valence-corrected chi connectivity index (χ3v) is 3.09. The highest BCUT2D eigenvalue weighted by Crippen LogP contribution is 2.28. The van der Waals surface area contributed by atoms with Gasteiger partial charge in [-0.2, -0.15) is 0 Å². The van der Waals surface area contributed by atoms with Crippen LogP contribution in [0.25, 0.3) is 0 Å². The Morgan fingerprint density at radius 2 is 1.95 bits per heavy atom. The fourth-order valence-corrected chi connectivity index (χ4v) is 2.16. The zero-order valence-corrected chi connectivity index (χ0v) is 12.3. The molecular weight excluding hydrogens is 343 g/mol. The largest absolute Gasteiger partial charge is 0.306 e. The topological polar surface area (TPSA) is 98.0 Å². The van der Waals surface area contributed by atoms with E-state index in [1.54, 1.807) is 0 Å². The Hall–Kier alpha value is -1.96. The number of carbonyl (C=O) groups is 1. The van der Waals surface area contributed by atoms with Crippen LogP contribution in [0.5, 0.6) is 0 Å². The minimum absolute atomic E-state index is 0.0374. The number of amides is 1. The van der Waals surface area contributed by atoms with Crippen LogP contribution in [-0.4, -0.2) is 20.8 Å². The van der Waals surface area contributed by atoms with Crippen molar-refractivity contribution in [1.82, 2.24) is 9.97 Å².